The normalized spacial score (nSPS) is 23.9. The maximum atomic E-state index is 12.4. The summed E-state index contributed by atoms with van der Waals surface area (Å²) in [6.07, 6.45) is 9.21. The summed E-state index contributed by atoms with van der Waals surface area (Å²) in [5.74, 6) is 0.0169. The average Bonchev–Trinajstić information content (AvgIpc) is 2.82. The number of hydrogen-bond donors (Lipinski definition) is 2. The van der Waals surface area contributed by atoms with Crippen LogP contribution in [0.25, 0.3) is 0 Å². The molecule has 1 heterocycles. The smallest absolute Gasteiger partial charge is 0.248 e. The summed E-state index contributed by atoms with van der Waals surface area (Å²) in [6.45, 7) is 5.25. The van der Waals surface area contributed by atoms with E-state index in [1.54, 1.807) is 7.11 Å². The Labute approximate surface area is 140 Å². The van der Waals surface area contributed by atoms with Gasteiger partial charge in [-0.05, 0) is 45.7 Å². The summed E-state index contributed by atoms with van der Waals surface area (Å²) in [4.78, 5) is 12.4. The van der Waals surface area contributed by atoms with Crippen LogP contribution in [-0.2, 0) is 14.3 Å². The van der Waals surface area contributed by atoms with Gasteiger partial charge in [0.1, 0.15) is 6.10 Å². The molecule has 0 aromatic carbocycles. The standard InChI is InChI=1S/C18H34N2O3/c1-15(23-16-7-5-3-4-6-8-16)17(21)20-13-18(14-22-2)9-11-19-12-10-18/h15-16,19H,3-14H2,1-2H3,(H,20,21). The number of carbonyl (C=O) groups excluding carboxylic acids is 1. The molecule has 5 heteroatoms. The Balaban J connectivity index is 1.77. The zero-order valence-corrected chi connectivity index (χ0v) is 14.9. The van der Waals surface area contributed by atoms with Gasteiger partial charge in [-0.2, -0.15) is 0 Å². The van der Waals surface area contributed by atoms with E-state index in [1.165, 1.54) is 25.7 Å². The first-order valence-corrected chi connectivity index (χ1v) is 9.28. The number of ether oxygens (including phenoxy) is 2. The molecule has 2 rings (SSSR count). The molecule has 1 saturated heterocycles. The third-order valence-electron chi connectivity index (χ3n) is 5.32. The molecule has 0 aromatic rings. The fraction of sp³-hybridized carbons (Fsp3) is 0.944. The van der Waals surface area contributed by atoms with Gasteiger partial charge in [-0.1, -0.05) is 25.7 Å². The van der Waals surface area contributed by atoms with Gasteiger partial charge in [0.2, 0.25) is 5.91 Å². The van der Waals surface area contributed by atoms with E-state index in [-0.39, 0.29) is 23.5 Å². The van der Waals surface area contributed by atoms with Crippen molar-refractivity contribution in [2.75, 3.05) is 33.4 Å². The second-order valence-electron chi connectivity index (χ2n) is 7.29. The van der Waals surface area contributed by atoms with Gasteiger partial charge in [-0.15, -0.1) is 0 Å². The van der Waals surface area contributed by atoms with Gasteiger partial charge in [0.05, 0.1) is 12.7 Å². The van der Waals surface area contributed by atoms with Crippen LogP contribution in [0.1, 0.15) is 58.3 Å². The SMILES string of the molecule is COCC1(CNC(=O)C(C)OC2CCCCCC2)CCNCC1. The number of piperidine rings is 1. The second-order valence-corrected chi connectivity index (χ2v) is 7.29. The van der Waals surface area contributed by atoms with Gasteiger partial charge >= 0.3 is 0 Å². The third kappa shape index (κ3) is 6.05. The molecule has 0 aromatic heterocycles. The summed E-state index contributed by atoms with van der Waals surface area (Å²) in [7, 11) is 1.74. The van der Waals surface area contributed by atoms with Crippen molar-refractivity contribution in [1.29, 1.82) is 0 Å². The number of carbonyl (C=O) groups is 1. The lowest BCUT2D eigenvalue weighted by molar-refractivity contribution is -0.136. The van der Waals surface area contributed by atoms with E-state index in [0.29, 0.717) is 13.2 Å². The zero-order valence-electron chi connectivity index (χ0n) is 14.9. The van der Waals surface area contributed by atoms with E-state index in [1.807, 2.05) is 6.92 Å². The van der Waals surface area contributed by atoms with Crippen molar-refractivity contribution in [3.8, 4) is 0 Å². The molecule has 1 saturated carbocycles. The minimum Gasteiger partial charge on any atom is -0.384 e. The second kappa shape index (κ2) is 9.60. The molecule has 1 atom stereocenters. The van der Waals surface area contributed by atoms with Gasteiger partial charge in [0.25, 0.3) is 0 Å². The van der Waals surface area contributed by atoms with E-state index in [0.717, 1.165) is 38.8 Å². The Hall–Kier alpha value is -0.650. The first kappa shape index (κ1) is 18.7. The van der Waals surface area contributed by atoms with Crippen molar-refractivity contribution < 1.29 is 14.3 Å². The van der Waals surface area contributed by atoms with Crippen LogP contribution in [0, 0.1) is 5.41 Å². The average molecular weight is 326 g/mol. The Kier molecular flexibility index (Phi) is 7.80. The molecular weight excluding hydrogens is 292 g/mol. The predicted octanol–water partition coefficient (Wildman–Crippen LogP) is 2.25. The van der Waals surface area contributed by atoms with E-state index in [9.17, 15) is 4.79 Å². The van der Waals surface area contributed by atoms with Crippen LogP contribution in [-0.4, -0.2) is 51.5 Å². The highest BCUT2D eigenvalue weighted by atomic mass is 16.5. The largest absolute Gasteiger partial charge is 0.384 e. The summed E-state index contributed by atoms with van der Waals surface area (Å²) >= 11 is 0. The molecule has 134 valence electrons. The maximum Gasteiger partial charge on any atom is 0.248 e. The minimum atomic E-state index is -0.362. The molecule has 0 spiro atoms. The molecular formula is C18H34N2O3. The van der Waals surface area contributed by atoms with Crippen LogP contribution in [0.4, 0.5) is 0 Å². The van der Waals surface area contributed by atoms with Crippen molar-refractivity contribution in [3.63, 3.8) is 0 Å². The number of methoxy groups -OCH3 is 1. The lowest BCUT2D eigenvalue weighted by Crippen LogP contribution is -2.49. The van der Waals surface area contributed by atoms with Crippen molar-refractivity contribution in [1.82, 2.24) is 10.6 Å². The van der Waals surface area contributed by atoms with E-state index >= 15 is 0 Å². The Morgan fingerprint density at radius 1 is 1.22 bits per heavy atom. The summed E-state index contributed by atoms with van der Waals surface area (Å²) < 4.78 is 11.4. The van der Waals surface area contributed by atoms with Crippen LogP contribution in [0.3, 0.4) is 0 Å². The Morgan fingerprint density at radius 2 is 1.87 bits per heavy atom. The van der Waals surface area contributed by atoms with Crippen LogP contribution in [0.15, 0.2) is 0 Å². The van der Waals surface area contributed by atoms with Gasteiger partial charge in [-0.25, -0.2) is 0 Å². The monoisotopic (exact) mass is 326 g/mol. The van der Waals surface area contributed by atoms with Crippen LogP contribution in [0.2, 0.25) is 0 Å². The van der Waals surface area contributed by atoms with Crippen LogP contribution < -0.4 is 10.6 Å². The van der Waals surface area contributed by atoms with Crippen molar-refractivity contribution >= 4 is 5.91 Å². The Morgan fingerprint density at radius 3 is 2.48 bits per heavy atom. The number of hydrogen-bond acceptors (Lipinski definition) is 4. The predicted molar refractivity (Wildman–Crippen MR) is 91.5 cm³/mol. The molecule has 1 aliphatic carbocycles. The van der Waals surface area contributed by atoms with E-state index < -0.39 is 0 Å². The fourth-order valence-corrected chi connectivity index (χ4v) is 3.78. The van der Waals surface area contributed by atoms with Crippen molar-refractivity contribution in [2.24, 2.45) is 5.41 Å². The number of nitrogens with one attached hydrogen (secondary N) is 2. The zero-order chi connectivity index (χ0) is 16.5. The Bertz CT molecular complexity index is 343. The molecule has 1 amide bonds. The highest BCUT2D eigenvalue weighted by Gasteiger charge is 2.33. The first-order chi connectivity index (χ1) is 11.2. The van der Waals surface area contributed by atoms with Gasteiger partial charge in [0, 0.05) is 19.1 Å². The quantitative estimate of drug-likeness (QED) is 0.705. The lowest BCUT2D eigenvalue weighted by Gasteiger charge is -2.37. The summed E-state index contributed by atoms with van der Waals surface area (Å²) in [6, 6.07) is 0. The molecule has 5 nitrogen and oxygen atoms in total. The summed E-state index contributed by atoms with van der Waals surface area (Å²) in [5.41, 5.74) is 0.0672. The highest BCUT2D eigenvalue weighted by Crippen LogP contribution is 2.28. The lowest BCUT2D eigenvalue weighted by atomic mass is 9.79. The van der Waals surface area contributed by atoms with Crippen LogP contribution >= 0.6 is 0 Å². The molecule has 1 aliphatic heterocycles. The summed E-state index contributed by atoms with van der Waals surface area (Å²) in [5, 5.41) is 6.49. The highest BCUT2D eigenvalue weighted by molar-refractivity contribution is 5.80. The number of rotatable bonds is 7. The molecule has 2 N–H and O–H groups in total. The first-order valence-electron chi connectivity index (χ1n) is 9.28. The molecule has 0 bridgehead atoms. The fourth-order valence-electron chi connectivity index (χ4n) is 3.78. The van der Waals surface area contributed by atoms with E-state index in [4.69, 9.17) is 9.47 Å². The molecule has 0 radical (unpaired) electrons. The molecule has 23 heavy (non-hydrogen) atoms. The minimum absolute atomic E-state index is 0.0169. The van der Waals surface area contributed by atoms with Crippen molar-refractivity contribution in [2.45, 2.75) is 70.5 Å². The maximum absolute atomic E-state index is 12.4. The molecule has 1 unspecified atom stereocenters. The van der Waals surface area contributed by atoms with Crippen LogP contribution in [0.5, 0.6) is 0 Å². The van der Waals surface area contributed by atoms with E-state index in [2.05, 4.69) is 10.6 Å². The van der Waals surface area contributed by atoms with Gasteiger partial charge in [0.15, 0.2) is 0 Å². The number of amides is 1. The third-order valence-corrected chi connectivity index (χ3v) is 5.32. The van der Waals surface area contributed by atoms with Gasteiger partial charge in [-0.3, -0.25) is 4.79 Å². The topological polar surface area (TPSA) is 59.6 Å². The van der Waals surface area contributed by atoms with Crippen molar-refractivity contribution in [3.05, 3.63) is 0 Å². The van der Waals surface area contributed by atoms with Gasteiger partial charge < -0.3 is 20.1 Å². The molecule has 2 fully saturated rings. The molecule has 2 aliphatic rings.